The lowest BCUT2D eigenvalue weighted by atomic mass is 9.76. The molecule has 0 spiro atoms. The van der Waals surface area contributed by atoms with Crippen LogP contribution in [0.1, 0.15) is 87.3 Å². The Labute approximate surface area is 340 Å². The number of allylic oxidation sites excluding steroid dienone is 1. The van der Waals surface area contributed by atoms with Crippen LogP contribution < -0.4 is 5.32 Å². The van der Waals surface area contributed by atoms with Gasteiger partial charge in [0.15, 0.2) is 18.7 Å². The number of nitrogens with one attached hydrogen (secondary N) is 1. The number of rotatable bonds is 8. The van der Waals surface area contributed by atoms with Crippen LogP contribution in [-0.2, 0) is 49.5 Å². The molecule has 2 bridgehead atoms. The first-order chi connectivity index (χ1) is 27.3. The molecule has 1 saturated heterocycles. The van der Waals surface area contributed by atoms with Gasteiger partial charge in [-0.05, 0) is 85.5 Å². The van der Waals surface area contributed by atoms with E-state index in [1.165, 1.54) is 20.8 Å². The predicted molar refractivity (Wildman–Crippen MR) is 211 cm³/mol. The number of oxime groups is 1. The van der Waals surface area contributed by atoms with Gasteiger partial charge in [-0.1, -0.05) is 25.9 Å². The molecule has 58 heavy (non-hydrogen) atoms. The van der Waals surface area contributed by atoms with E-state index in [0.717, 1.165) is 0 Å². The summed E-state index contributed by atoms with van der Waals surface area (Å²) in [6.45, 7) is 14.7. The molecule has 5 heterocycles. The molecule has 322 valence electrons. The molecule has 3 aliphatic rings. The van der Waals surface area contributed by atoms with E-state index in [-0.39, 0.29) is 56.4 Å². The average Bonchev–Trinajstić information content (AvgIpc) is 3.58. The Balaban J connectivity index is 1.67. The zero-order valence-corrected chi connectivity index (χ0v) is 35.6. The molecular formula is C41H62N6O11. The summed E-state index contributed by atoms with van der Waals surface area (Å²) in [5.74, 6) is -3.99. The minimum absolute atomic E-state index is 0.0148. The fraction of sp³-hybridized carbons (Fsp3) is 0.707. The summed E-state index contributed by atoms with van der Waals surface area (Å²) in [5, 5.41) is 31.5. The Kier molecular flexibility index (Phi) is 14.5. The number of esters is 1. The van der Waals surface area contributed by atoms with Crippen molar-refractivity contribution in [3.63, 3.8) is 0 Å². The van der Waals surface area contributed by atoms with Gasteiger partial charge < -0.3 is 49.0 Å². The number of aliphatic hydroxyl groups excluding tert-OH is 1. The molecule has 0 saturated carbocycles. The number of fused-ring (bicyclic) bond motifs is 5. The van der Waals surface area contributed by atoms with Crippen molar-refractivity contribution in [2.75, 3.05) is 27.3 Å². The van der Waals surface area contributed by atoms with Gasteiger partial charge in [0, 0.05) is 43.2 Å². The molecular weight excluding hydrogens is 752 g/mol. The van der Waals surface area contributed by atoms with Crippen LogP contribution in [-0.4, -0.2) is 134 Å². The minimum Gasteiger partial charge on any atom is -0.459 e. The fourth-order valence-electron chi connectivity index (χ4n) is 8.58. The molecule has 0 unspecified atom stereocenters. The maximum atomic E-state index is 14.5. The van der Waals surface area contributed by atoms with Gasteiger partial charge in [0.2, 0.25) is 11.7 Å². The number of hydrogen-bond acceptors (Lipinski definition) is 15. The number of carbonyl (C=O) groups is 3. The lowest BCUT2D eigenvalue weighted by Gasteiger charge is -2.47. The minimum atomic E-state index is -1.87. The highest BCUT2D eigenvalue weighted by molar-refractivity contribution is 6.00. The topological polar surface area (TPSA) is 205 Å². The number of ether oxygens (including phenoxy) is 5. The molecule has 5 rings (SSSR count). The van der Waals surface area contributed by atoms with E-state index in [2.05, 4.69) is 20.4 Å². The van der Waals surface area contributed by atoms with Crippen molar-refractivity contribution in [1.29, 1.82) is 0 Å². The third kappa shape index (κ3) is 9.95. The molecule has 3 N–H and O–H groups in total. The Morgan fingerprint density at radius 1 is 1.17 bits per heavy atom. The SMILES string of the molecule is CC[C@H]1OC(=O)[C@H](C)C(=O)[C@H](C)[C@@H](O[C@@H]2O[C@H](C)C[C@H](N(C)C)[C@H]2O)[C@@]2(C)C[C@@H](C)C(NC(C)=O)=C(C)[C@@H](OCC(=NOCc3cn4cccnc4n3)CO2)[C@]1(C)O. The third-order valence-electron chi connectivity index (χ3n) is 11.7. The summed E-state index contributed by atoms with van der Waals surface area (Å²) in [6, 6.07) is 1.46. The van der Waals surface area contributed by atoms with E-state index >= 15 is 0 Å². The first-order valence-electron chi connectivity index (χ1n) is 20.1. The lowest BCUT2D eigenvalue weighted by molar-refractivity contribution is -0.296. The predicted octanol–water partition coefficient (Wildman–Crippen LogP) is 2.95. The number of carbonyl (C=O) groups excluding carboxylic acids is 3. The van der Waals surface area contributed by atoms with Crippen LogP contribution >= 0.6 is 0 Å². The van der Waals surface area contributed by atoms with Crippen molar-refractivity contribution in [3.8, 4) is 0 Å². The van der Waals surface area contributed by atoms with Crippen LogP contribution in [0, 0.1) is 17.8 Å². The number of likely N-dealkylation sites (N-methyl/N-ethyl adjacent to an activating group) is 1. The third-order valence-corrected chi connectivity index (χ3v) is 11.7. The molecule has 2 aromatic heterocycles. The first-order valence-corrected chi connectivity index (χ1v) is 20.1. The lowest BCUT2D eigenvalue weighted by Crippen LogP contribution is -2.59. The van der Waals surface area contributed by atoms with Crippen LogP contribution in [0.3, 0.4) is 0 Å². The van der Waals surface area contributed by atoms with E-state index in [0.29, 0.717) is 29.2 Å². The van der Waals surface area contributed by atoms with Gasteiger partial charge in [-0.2, -0.15) is 0 Å². The van der Waals surface area contributed by atoms with Crippen LogP contribution in [0.5, 0.6) is 0 Å². The van der Waals surface area contributed by atoms with E-state index in [1.54, 1.807) is 50.6 Å². The monoisotopic (exact) mass is 814 g/mol. The Hall–Kier alpha value is -3.84. The normalized spacial score (nSPS) is 36.6. The maximum absolute atomic E-state index is 14.5. The smallest absolute Gasteiger partial charge is 0.316 e. The highest BCUT2D eigenvalue weighted by atomic mass is 16.7. The Bertz CT molecular complexity index is 1810. The second kappa shape index (κ2) is 18.6. The highest BCUT2D eigenvalue weighted by Crippen LogP contribution is 2.40. The summed E-state index contributed by atoms with van der Waals surface area (Å²) in [5.41, 5.74) is -1.50. The number of Topliss-reactive ketones (excluding diaryl/α,β-unsaturated/α-hetero) is 1. The maximum Gasteiger partial charge on any atom is 0.316 e. The van der Waals surface area contributed by atoms with Gasteiger partial charge in [-0.15, -0.1) is 0 Å². The van der Waals surface area contributed by atoms with E-state index in [4.69, 9.17) is 28.5 Å². The summed E-state index contributed by atoms with van der Waals surface area (Å²) in [6.07, 6.45) is 0.0543. The van der Waals surface area contributed by atoms with Crippen LogP contribution in [0.25, 0.3) is 5.78 Å². The van der Waals surface area contributed by atoms with Gasteiger partial charge in [-0.25, -0.2) is 9.97 Å². The number of nitrogens with zero attached hydrogens (tertiary/aromatic N) is 5. The zero-order chi connectivity index (χ0) is 42.7. The number of imidazole rings is 1. The Morgan fingerprint density at radius 3 is 2.55 bits per heavy atom. The number of ketones is 1. The Morgan fingerprint density at radius 2 is 1.90 bits per heavy atom. The summed E-state index contributed by atoms with van der Waals surface area (Å²) in [4.78, 5) is 57.7. The molecule has 1 amide bonds. The van der Waals surface area contributed by atoms with Crippen molar-refractivity contribution in [3.05, 3.63) is 41.6 Å². The number of cyclic esters (lactones) is 1. The van der Waals surface area contributed by atoms with E-state index in [9.17, 15) is 24.6 Å². The highest BCUT2D eigenvalue weighted by Gasteiger charge is 2.52. The molecule has 17 nitrogen and oxygen atoms in total. The molecule has 0 aliphatic carbocycles. The second-order valence-corrected chi connectivity index (χ2v) is 16.8. The molecule has 17 heteroatoms. The van der Waals surface area contributed by atoms with Crippen molar-refractivity contribution in [2.24, 2.45) is 22.9 Å². The summed E-state index contributed by atoms with van der Waals surface area (Å²) < 4.78 is 34.1. The van der Waals surface area contributed by atoms with Crippen LogP contribution in [0.4, 0.5) is 0 Å². The summed E-state index contributed by atoms with van der Waals surface area (Å²) in [7, 11) is 3.73. The van der Waals surface area contributed by atoms with Crippen molar-refractivity contribution < 1.29 is 53.1 Å². The van der Waals surface area contributed by atoms with Crippen molar-refractivity contribution in [2.45, 2.75) is 142 Å². The van der Waals surface area contributed by atoms with E-state index in [1.807, 2.05) is 39.0 Å². The zero-order valence-electron chi connectivity index (χ0n) is 35.6. The van der Waals surface area contributed by atoms with Gasteiger partial charge in [0.25, 0.3) is 0 Å². The van der Waals surface area contributed by atoms with Gasteiger partial charge in [0.1, 0.15) is 41.2 Å². The average molecular weight is 815 g/mol. The standard InChI is InChI=1S/C41H62N6O11/c1-12-31-41(9,52)36-24(4)32(43-27(7)48)22(2)17-40(8,54-20-29(19-53-36)45-55-21-28-18-47-15-13-14-42-39(47)44-28)35(25(5)33(49)26(6)37(51)57-31)58-38-34(50)30(46(10)11)16-23(3)56-38/h13-15,18,22-23,25-26,30-31,34-36,38,50,52H,12,16-17,19-21H2,1-11H3,(H,43,48)/t22-,23-,25+,26-,30+,31-,34-,35-,36-,38+,40-,41-/m1/s1. The van der Waals surface area contributed by atoms with Crippen LogP contribution in [0.15, 0.2) is 41.1 Å². The largest absolute Gasteiger partial charge is 0.459 e. The number of hydrogen-bond donors (Lipinski definition) is 3. The van der Waals surface area contributed by atoms with Gasteiger partial charge >= 0.3 is 5.97 Å². The molecule has 1 fully saturated rings. The second-order valence-electron chi connectivity index (χ2n) is 16.8. The molecule has 3 aliphatic heterocycles. The molecule has 2 aromatic rings. The van der Waals surface area contributed by atoms with Gasteiger partial charge in [-0.3, -0.25) is 18.8 Å². The molecule has 0 radical (unpaired) electrons. The number of aliphatic hydroxyl groups is 2. The van der Waals surface area contributed by atoms with E-state index < -0.39 is 71.4 Å². The molecule has 0 aromatic carbocycles. The van der Waals surface area contributed by atoms with Crippen LogP contribution in [0.2, 0.25) is 0 Å². The first kappa shape index (κ1) is 45.2. The quantitative estimate of drug-likeness (QED) is 0.199. The fourth-order valence-corrected chi connectivity index (χ4v) is 8.58. The number of amides is 1. The van der Waals surface area contributed by atoms with Crippen molar-refractivity contribution in [1.82, 2.24) is 24.6 Å². The summed E-state index contributed by atoms with van der Waals surface area (Å²) >= 11 is 0. The molecule has 12 atom stereocenters. The van der Waals surface area contributed by atoms with Crippen molar-refractivity contribution >= 4 is 29.1 Å². The number of aromatic nitrogens is 3. The van der Waals surface area contributed by atoms with Gasteiger partial charge in [0.05, 0.1) is 31.0 Å².